The van der Waals surface area contributed by atoms with Crippen molar-refractivity contribution >= 4 is 0 Å². The van der Waals surface area contributed by atoms with Crippen molar-refractivity contribution in [2.45, 2.75) is 50.8 Å². The van der Waals surface area contributed by atoms with Crippen molar-refractivity contribution in [3.63, 3.8) is 0 Å². The van der Waals surface area contributed by atoms with Gasteiger partial charge in [-0.25, -0.2) is 0 Å². The summed E-state index contributed by atoms with van der Waals surface area (Å²) in [6, 6.07) is 8.33. The van der Waals surface area contributed by atoms with Crippen LogP contribution < -0.4 is 5.32 Å². The van der Waals surface area contributed by atoms with Crippen molar-refractivity contribution in [2.75, 3.05) is 7.11 Å². The van der Waals surface area contributed by atoms with Crippen LogP contribution in [0.3, 0.4) is 0 Å². The van der Waals surface area contributed by atoms with E-state index >= 15 is 0 Å². The fraction of sp³-hybridized carbons (Fsp3) is 0.600. The Labute approximate surface area is 109 Å². The van der Waals surface area contributed by atoms with Crippen LogP contribution in [-0.2, 0) is 4.74 Å². The number of benzene rings is 1. The molecule has 0 aromatic heterocycles. The Bertz CT molecular complexity index is 373. The summed E-state index contributed by atoms with van der Waals surface area (Å²) in [5.41, 5.74) is 1.14. The van der Waals surface area contributed by atoms with Crippen LogP contribution in [0, 0.1) is 0 Å². The highest BCUT2D eigenvalue weighted by atomic mass is 16.5. The quantitative estimate of drug-likeness (QED) is 0.862. The zero-order valence-electron chi connectivity index (χ0n) is 11.2. The number of hydrogen-bond acceptors (Lipinski definition) is 3. The first-order chi connectivity index (χ1) is 8.69. The van der Waals surface area contributed by atoms with Gasteiger partial charge in [0, 0.05) is 19.2 Å². The Kier molecular flexibility index (Phi) is 4.61. The van der Waals surface area contributed by atoms with E-state index in [9.17, 15) is 5.11 Å². The van der Waals surface area contributed by atoms with Gasteiger partial charge in [-0.1, -0.05) is 12.1 Å². The summed E-state index contributed by atoms with van der Waals surface area (Å²) < 4.78 is 5.38. The van der Waals surface area contributed by atoms with E-state index in [0.29, 0.717) is 17.9 Å². The molecule has 0 bridgehead atoms. The average molecular weight is 249 g/mol. The molecule has 18 heavy (non-hydrogen) atoms. The van der Waals surface area contributed by atoms with E-state index in [1.165, 1.54) is 12.8 Å². The second kappa shape index (κ2) is 6.21. The Morgan fingerprint density at radius 2 is 2.00 bits per heavy atom. The normalized spacial score (nSPS) is 25.9. The smallest absolute Gasteiger partial charge is 0.115 e. The highest BCUT2D eigenvalue weighted by molar-refractivity contribution is 5.29. The lowest BCUT2D eigenvalue weighted by Crippen LogP contribution is -2.36. The summed E-state index contributed by atoms with van der Waals surface area (Å²) >= 11 is 0. The molecular formula is C15H23NO2. The van der Waals surface area contributed by atoms with E-state index in [2.05, 4.69) is 18.3 Å². The van der Waals surface area contributed by atoms with Crippen LogP contribution in [0.25, 0.3) is 0 Å². The molecule has 1 atom stereocenters. The molecule has 100 valence electrons. The molecule has 3 heteroatoms. The largest absolute Gasteiger partial charge is 0.508 e. The molecule has 1 aromatic rings. The van der Waals surface area contributed by atoms with Crippen molar-refractivity contribution in [3.8, 4) is 5.75 Å². The molecule has 1 fully saturated rings. The number of hydrogen-bond donors (Lipinski definition) is 2. The topological polar surface area (TPSA) is 41.5 Å². The first-order valence-corrected chi connectivity index (χ1v) is 6.77. The minimum absolute atomic E-state index is 0.279. The van der Waals surface area contributed by atoms with Gasteiger partial charge in [-0.05, 0) is 50.3 Å². The van der Waals surface area contributed by atoms with Gasteiger partial charge in [-0.3, -0.25) is 0 Å². The van der Waals surface area contributed by atoms with E-state index in [0.717, 1.165) is 18.4 Å². The van der Waals surface area contributed by atoms with Crippen LogP contribution in [-0.4, -0.2) is 24.4 Å². The molecule has 3 nitrogen and oxygen atoms in total. The third-order valence-corrected chi connectivity index (χ3v) is 3.86. The molecule has 0 radical (unpaired) electrons. The number of nitrogens with one attached hydrogen (secondary N) is 1. The SMILES string of the molecule is COC1CCC(NC(C)c2cccc(O)c2)CC1. The van der Waals surface area contributed by atoms with E-state index < -0.39 is 0 Å². The Morgan fingerprint density at radius 1 is 1.28 bits per heavy atom. The number of ether oxygens (including phenoxy) is 1. The summed E-state index contributed by atoms with van der Waals surface area (Å²) in [5.74, 6) is 0.337. The predicted octanol–water partition coefficient (Wildman–Crippen LogP) is 3.00. The van der Waals surface area contributed by atoms with E-state index in [1.807, 2.05) is 12.1 Å². The van der Waals surface area contributed by atoms with Crippen molar-refractivity contribution < 1.29 is 9.84 Å². The van der Waals surface area contributed by atoms with Gasteiger partial charge < -0.3 is 15.2 Å². The Balaban J connectivity index is 1.86. The third-order valence-electron chi connectivity index (χ3n) is 3.86. The number of rotatable bonds is 4. The van der Waals surface area contributed by atoms with Crippen molar-refractivity contribution in [1.29, 1.82) is 0 Å². The lowest BCUT2D eigenvalue weighted by Gasteiger charge is -2.30. The van der Waals surface area contributed by atoms with Crippen LogP contribution in [0.4, 0.5) is 0 Å². The molecule has 1 unspecified atom stereocenters. The van der Waals surface area contributed by atoms with Gasteiger partial charge in [0.05, 0.1) is 6.10 Å². The van der Waals surface area contributed by atoms with Gasteiger partial charge in [-0.15, -0.1) is 0 Å². The second-order valence-electron chi connectivity index (χ2n) is 5.19. The van der Waals surface area contributed by atoms with Gasteiger partial charge in [-0.2, -0.15) is 0 Å². The molecule has 1 aliphatic rings. The van der Waals surface area contributed by atoms with Crippen LogP contribution in [0.2, 0.25) is 0 Å². The van der Waals surface area contributed by atoms with Crippen molar-refractivity contribution in [1.82, 2.24) is 5.32 Å². The molecule has 0 aliphatic heterocycles. The monoisotopic (exact) mass is 249 g/mol. The first kappa shape index (κ1) is 13.4. The number of aromatic hydroxyl groups is 1. The van der Waals surface area contributed by atoms with Crippen molar-refractivity contribution in [2.24, 2.45) is 0 Å². The summed E-state index contributed by atoms with van der Waals surface area (Å²) in [5, 5.41) is 13.1. The minimum Gasteiger partial charge on any atom is -0.508 e. The molecule has 2 rings (SSSR count). The van der Waals surface area contributed by atoms with Gasteiger partial charge in [0.2, 0.25) is 0 Å². The van der Waals surface area contributed by atoms with Crippen LogP contribution in [0.15, 0.2) is 24.3 Å². The van der Waals surface area contributed by atoms with E-state index in [4.69, 9.17) is 4.74 Å². The summed E-state index contributed by atoms with van der Waals surface area (Å²) in [7, 11) is 1.80. The van der Waals surface area contributed by atoms with Crippen LogP contribution in [0.1, 0.15) is 44.2 Å². The molecule has 1 saturated carbocycles. The predicted molar refractivity (Wildman–Crippen MR) is 72.7 cm³/mol. The van der Waals surface area contributed by atoms with E-state index in [1.54, 1.807) is 13.2 Å². The summed E-state index contributed by atoms with van der Waals surface area (Å²) in [6.07, 6.45) is 5.06. The summed E-state index contributed by atoms with van der Waals surface area (Å²) in [4.78, 5) is 0. The van der Waals surface area contributed by atoms with Gasteiger partial charge in [0.25, 0.3) is 0 Å². The van der Waals surface area contributed by atoms with E-state index in [-0.39, 0.29) is 6.04 Å². The maximum Gasteiger partial charge on any atom is 0.115 e. The molecule has 2 N–H and O–H groups in total. The third kappa shape index (κ3) is 3.47. The molecular weight excluding hydrogens is 226 g/mol. The Morgan fingerprint density at radius 3 is 2.61 bits per heavy atom. The molecule has 1 aromatic carbocycles. The zero-order valence-corrected chi connectivity index (χ0v) is 11.2. The number of methoxy groups -OCH3 is 1. The minimum atomic E-state index is 0.279. The Hall–Kier alpha value is -1.06. The molecule has 0 spiro atoms. The number of phenols is 1. The standard InChI is InChI=1S/C15H23NO2/c1-11(12-4-3-5-14(17)10-12)16-13-6-8-15(18-2)9-7-13/h3-5,10-11,13,15-17H,6-9H2,1-2H3. The molecule has 0 saturated heterocycles. The molecule has 0 amide bonds. The zero-order chi connectivity index (χ0) is 13.0. The fourth-order valence-corrected chi connectivity index (χ4v) is 2.71. The van der Waals surface area contributed by atoms with Gasteiger partial charge in [0.1, 0.15) is 5.75 Å². The molecule has 1 aliphatic carbocycles. The first-order valence-electron chi connectivity index (χ1n) is 6.77. The van der Waals surface area contributed by atoms with Crippen LogP contribution in [0.5, 0.6) is 5.75 Å². The maximum absolute atomic E-state index is 9.49. The maximum atomic E-state index is 9.49. The average Bonchev–Trinajstić information content (AvgIpc) is 2.39. The number of phenolic OH excluding ortho intramolecular Hbond substituents is 1. The molecule has 0 heterocycles. The van der Waals surface area contributed by atoms with Gasteiger partial charge in [0.15, 0.2) is 0 Å². The van der Waals surface area contributed by atoms with Crippen molar-refractivity contribution in [3.05, 3.63) is 29.8 Å². The second-order valence-corrected chi connectivity index (χ2v) is 5.19. The highest BCUT2D eigenvalue weighted by Crippen LogP contribution is 2.24. The fourth-order valence-electron chi connectivity index (χ4n) is 2.71. The lowest BCUT2D eigenvalue weighted by atomic mass is 9.92. The lowest BCUT2D eigenvalue weighted by molar-refractivity contribution is 0.0614. The highest BCUT2D eigenvalue weighted by Gasteiger charge is 2.22. The summed E-state index contributed by atoms with van der Waals surface area (Å²) in [6.45, 7) is 2.15. The van der Waals surface area contributed by atoms with Gasteiger partial charge >= 0.3 is 0 Å². The van der Waals surface area contributed by atoms with Crippen LogP contribution >= 0.6 is 0 Å².